The molecule has 2 aromatic rings. The highest BCUT2D eigenvalue weighted by Crippen LogP contribution is 2.37. The summed E-state index contributed by atoms with van der Waals surface area (Å²) in [5.41, 5.74) is 2.71. The fourth-order valence-corrected chi connectivity index (χ4v) is 4.10. The maximum atomic E-state index is 12.8. The SMILES string of the molecule is O=C(NC(c1ccccn1)C1CC(O)C1)c1ccc(N2CCCCC2)cc1. The summed E-state index contributed by atoms with van der Waals surface area (Å²) >= 11 is 0. The van der Waals surface area contributed by atoms with Gasteiger partial charge in [0.15, 0.2) is 0 Å². The zero-order valence-corrected chi connectivity index (χ0v) is 15.6. The molecule has 2 fully saturated rings. The summed E-state index contributed by atoms with van der Waals surface area (Å²) in [5, 5.41) is 12.8. The minimum Gasteiger partial charge on any atom is -0.393 e. The lowest BCUT2D eigenvalue weighted by Gasteiger charge is -2.37. The summed E-state index contributed by atoms with van der Waals surface area (Å²) in [6, 6.07) is 13.5. The molecule has 1 aromatic carbocycles. The zero-order valence-electron chi connectivity index (χ0n) is 15.6. The van der Waals surface area contributed by atoms with Crippen molar-refractivity contribution in [2.45, 2.75) is 44.2 Å². The fourth-order valence-electron chi connectivity index (χ4n) is 4.10. The maximum Gasteiger partial charge on any atom is 0.251 e. The lowest BCUT2D eigenvalue weighted by atomic mass is 9.76. The Morgan fingerprint density at radius 2 is 1.81 bits per heavy atom. The quantitative estimate of drug-likeness (QED) is 0.853. The summed E-state index contributed by atoms with van der Waals surface area (Å²) in [5.74, 6) is 0.142. The van der Waals surface area contributed by atoms with Crippen LogP contribution in [0.4, 0.5) is 5.69 Å². The van der Waals surface area contributed by atoms with Gasteiger partial charge in [-0.2, -0.15) is 0 Å². The van der Waals surface area contributed by atoms with Crippen molar-refractivity contribution in [3.8, 4) is 0 Å². The van der Waals surface area contributed by atoms with Gasteiger partial charge in [-0.15, -0.1) is 0 Å². The number of carbonyl (C=O) groups is 1. The van der Waals surface area contributed by atoms with E-state index in [9.17, 15) is 9.90 Å². The number of piperidine rings is 1. The summed E-state index contributed by atoms with van der Waals surface area (Å²) < 4.78 is 0. The van der Waals surface area contributed by atoms with Crippen LogP contribution >= 0.6 is 0 Å². The number of amides is 1. The van der Waals surface area contributed by atoms with E-state index in [0.717, 1.165) is 18.8 Å². The molecule has 1 amide bonds. The Morgan fingerprint density at radius 1 is 1.07 bits per heavy atom. The van der Waals surface area contributed by atoms with Crippen molar-refractivity contribution in [1.29, 1.82) is 0 Å². The molecule has 1 aliphatic carbocycles. The molecule has 5 nitrogen and oxygen atoms in total. The monoisotopic (exact) mass is 365 g/mol. The van der Waals surface area contributed by atoms with Crippen LogP contribution in [0.2, 0.25) is 0 Å². The summed E-state index contributed by atoms with van der Waals surface area (Å²) in [7, 11) is 0. The molecule has 2 aliphatic rings. The second-order valence-corrected chi connectivity index (χ2v) is 7.69. The number of hydrogen-bond donors (Lipinski definition) is 2. The first-order valence-electron chi connectivity index (χ1n) is 9.95. The number of pyridine rings is 1. The van der Waals surface area contributed by atoms with E-state index in [1.165, 1.54) is 24.9 Å². The molecule has 142 valence electrons. The number of hydrogen-bond acceptors (Lipinski definition) is 4. The molecular weight excluding hydrogens is 338 g/mol. The molecule has 1 saturated carbocycles. The van der Waals surface area contributed by atoms with Crippen LogP contribution in [0.15, 0.2) is 48.7 Å². The second-order valence-electron chi connectivity index (χ2n) is 7.69. The predicted molar refractivity (Wildman–Crippen MR) is 106 cm³/mol. The van der Waals surface area contributed by atoms with Crippen molar-refractivity contribution < 1.29 is 9.90 Å². The number of aromatic nitrogens is 1. The highest BCUT2D eigenvalue weighted by atomic mass is 16.3. The maximum absolute atomic E-state index is 12.8. The number of rotatable bonds is 5. The number of nitrogens with one attached hydrogen (secondary N) is 1. The Bertz CT molecular complexity index is 751. The van der Waals surface area contributed by atoms with E-state index in [1.807, 2.05) is 42.5 Å². The van der Waals surface area contributed by atoms with Gasteiger partial charge in [0.1, 0.15) is 0 Å². The van der Waals surface area contributed by atoms with Crippen molar-refractivity contribution in [1.82, 2.24) is 10.3 Å². The molecule has 2 heterocycles. The van der Waals surface area contributed by atoms with Gasteiger partial charge in [-0.3, -0.25) is 9.78 Å². The third kappa shape index (κ3) is 4.14. The number of nitrogens with zero attached hydrogens (tertiary/aromatic N) is 2. The van der Waals surface area contributed by atoms with Crippen molar-refractivity contribution in [3.05, 3.63) is 59.9 Å². The predicted octanol–water partition coefficient (Wildman–Crippen LogP) is 3.31. The first-order valence-corrected chi connectivity index (χ1v) is 9.95. The lowest BCUT2D eigenvalue weighted by Crippen LogP contribution is -2.41. The molecule has 5 heteroatoms. The number of aliphatic hydroxyl groups is 1. The average Bonchev–Trinajstić information content (AvgIpc) is 2.71. The molecule has 0 radical (unpaired) electrons. The largest absolute Gasteiger partial charge is 0.393 e. The minimum atomic E-state index is -0.262. The van der Waals surface area contributed by atoms with E-state index in [0.29, 0.717) is 18.4 Å². The number of aliphatic hydroxyl groups excluding tert-OH is 1. The molecule has 1 aliphatic heterocycles. The minimum absolute atomic E-state index is 0.0859. The van der Waals surface area contributed by atoms with Gasteiger partial charge in [0, 0.05) is 30.5 Å². The van der Waals surface area contributed by atoms with Crippen LogP contribution in [0.5, 0.6) is 0 Å². The fraction of sp³-hybridized carbons (Fsp3) is 0.455. The number of benzene rings is 1. The molecule has 0 bridgehead atoms. The van der Waals surface area contributed by atoms with E-state index in [-0.39, 0.29) is 24.0 Å². The molecule has 1 unspecified atom stereocenters. The van der Waals surface area contributed by atoms with Gasteiger partial charge < -0.3 is 15.3 Å². The molecule has 0 spiro atoms. The average molecular weight is 365 g/mol. The van der Waals surface area contributed by atoms with Crippen LogP contribution in [-0.4, -0.2) is 35.2 Å². The van der Waals surface area contributed by atoms with E-state index in [4.69, 9.17) is 0 Å². The summed E-state index contributed by atoms with van der Waals surface area (Å²) in [6.45, 7) is 2.19. The van der Waals surface area contributed by atoms with Crippen LogP contribution in [-0.2, 0) is 0 Å². The van der Waals surface area contributed by atoms with E-state index in [2.05, 4.69) is 15.2 Å². The number of anilines is 1. The van der Waals surface area contributed by atoms with Gasteiger partial charge in [0.2, 0.25) is 0 Å². The molecule has 4 rings (SSSR count). The molecule has 1 saturated heterocycles. The van der Waals surface area contributed by atoms with Crippen LogP contribution in [0.25, 0.3) is 0 Å². The third-order valence-electron chi connectivity index (χ3n) is 5.76. The topological polar surface area (TPSA) is 65.5 Å². The highest BCUT2D eigenvalue weighted by molar-refractivity contribution is 5.94. The summed E-state index contributed by atoms with van der Waals surface area (Å²) in [6.07, 6.45) is 6.67. The van der Waals surface area contributed by atoms with Gasteiger partial charge in [-0.05, 0) is 74.4 Å². The standard InChI is InChI=1S/C22H27N3O2/c26-19-14-17(15-19)21(20-6-2-3-11-23-20)24-22(27)16-7-9-18(10-8-16)25-12-4-1-5-13-25/h2-3,6-11,17,19,21,26H,1,4-5,12-15H2,(H,24,27). The smallest absolute Gasteiger partial charge is 0.251 e. The normalized spacial score (nSPS) is 23.4. The van der Waals surface area contributed by atoms with E-state index >= 15 is 0 Å². The Balaban J connectivity index is 1.46. The molecule has 1 atom stereocenters. The van der Waals surface area contributed by atoms with Gasteiger partial charge in [0.05, 0.1) is 17.8 Å². The number of carbonyl (C=O) groups excluding carboxylic acids is 1. The second kappa shape index (κ2) is 8.09. The Morgan fingerprint density at radius 3 is 2.44 bits per heavy atom. The van der Waals surface area contributed by atoms with E-state index in [1.54, 1.807) is 6.20 Å². The van der Waals surface area contributed by atoms with E-state index < -0.39 is 0 Å². The van der Waals surface area contributed by atoms with Gasteiger partial charge in [-0.25, -0.2) is 0 Å². The Labute approximate surface area is 160 Å². The van der Waals surface area contributed by atoms with Crippen molar-refractivity contribution >= 4 is 11.6 Å². The van der Waals surface area contributed by atoms with Crippen LogP contribution < -0.4 is 10.2 Å². The molecule has 1 aromatic heterocycles. The molecular formula is C22H27N3O2. The third-order valence-corrected chi connectivity index (χ3v) is 5.76. The van der Waals surface area contributed by atoms with Gasteiger partial charge in [-0.1, -0.05) is 6.07 Å². The van der Waals surface area contributed by atoms with Crippen molar-refractivity contribution in [3.63, 3.8) is 0 Å². The van der Waals surface area contributed by atoms with Crippen molar-refractivity contribution in [2.24, 2.45) is 5.92 Å². The van der Waals surface area contributed by atoms with Gasteiger partial charge in [0.25, 0.3) is 5.91 Å². The van der Waals surface area contributed by atoms with Crippen LogP contribution in [0.3, 0.4) is 0 Å². The Kier molecular flexibility index (Phi) is 5.39. The van der Waals surface area contributed by atoms with Crippen molar-refractivity contribution in [2.75, 3.05) is 18.0 Å². The molecule has 2 N–H and O–H groups in total. The van der Waals surface area contributed by atoms with Crippen LogP contribution in [0, 0.1) is 5.92 Å². The highest BCUT2D eigenvalue weighted by Gasteiger charge is 2.36. The molecule has 27 heavy (non-hydrogen) atoms. The van der Waals surface area contributed by atoms with Crippen LogP contribution in [0.1, 0.15) is 54.2 Å². The van der Waals surface area contributed by atoms with Gasteiger partial charge >= 0.3 is 0 Å². The Hall–Kier alpha value is -2.40. The first kappa shape index (κ1) is 18.0. The first-order chi connectivity index (χ1) is 13.2. The zero-order chi connectivity index (χ0) is 18.6. The lowest BCUT2D eigenvalue weighted by molar-refractivity contribution is 0.0228. The summed E-state index contributed by atoms with van der Waals surface area (Å²) in [4.78, 5) is 19.6.